The van der Waals surface area contributed by atoms with Gasteiger partial charge in [0.1, 0.15) is 13.2 Å². The molecule has 0 heterocycles. The van der Waals surface area contributed by atoms with Gasteiger partial charge in [0.05, 0.1) is 39.9 Å². The van der Waals surface area contributed by atoms with Crippen molar-refractivity contribution in [3.8, 4) is 0 Å². The number of rotatable bonds is 55. The van der Waals surface area contributed by atoms with Gasteiger partial charge in [-0.1, -0.05) is 262 Å². The van der Waals surface area contributed by atoms with E-state index < -0.39 is 20.0 Å². The molecular weight excluding hydrogens is 888 g/mol. The molecule has 3 atom stereocenters. The molecule has 0 aliphatic heterocycles. The van der Waals surface area contributed by atoms with Gasteiger partial charge >= 0.3 is 7.82 Å². The predicted molar refractivity (Wildman–Crippen MR) is 304 cm³/mol. The Morgan fingerprint density at radius 3 is 1.23 bits per heavy atom. The number of hydrogen-bond acceptors (Lipinski definition) is 5. The summed E-state index contributed by atoms with van der Waals surface area (Å²) in [6.07, 6.45) is 69.7. The Labute approximate surface area is 435 Å². The SMILES string of the molecule is CCCCCCC/C=C/CC/C=C/C(O)C(COP(=O)(O)OCC[N+](C)(C)C)NC(=O)CCCCCCCCCCCCCCCCCCC/C=C\C/C=C\CCCCCCCCCCCCCCC. The third-order valence-electron chi connectivity index (χ3n) is 13.5. The second-order valence-electron chi connectivity index (χ2n) is 21.7. The Morgan fingerprint density at radius 1 is 0.486 bits per heavy atom. The van der Waals surface area contributed by atoms with Crippen LogP contribution in [0.2, 0.25) is 0 Å². The molecular formula is C61H118N2O6P+. The number of nitrogens with one attached hydrogen (secondary N) is 1. The third kappa shape index (κ3) is 54.2. The van der Waals surface area contributed by atoms with Gasteiger partial charge in [0.25, 0.3) is 0 Å². The lowest BCUT2D eigenvalue weighted by atomic mass is 10.0. The summed E-state index contributed by atoms with van der Waals surface area (Å²) in [6.45, 7) is 4.79. The van der Waals surface area contributed by atoms with E-state index in [0.29, 0.717) is 17.4 Å². The minimum atomic E-state index is -4.35. The van der Waals surface area contributed by atoms with Crippen LogP contribution < -0.4 is 5.32 Å². The summed E-state index contributed by atoms with van der Waals surface area (Å²) >= 11 is 0. The number of carbonyl (C=O) groups excluding carboxylic acids is 1. The quantitative estimate of drug-likeness (QED) is 0.0243. The molecule has 0 aromatic rings. The van der Waals surface area contributed by atoms with E-state index in [1.54, 1.807) is 6.08 Å². The van der Waals surface area contributed by atoms with Crippen molar-refractivity contribution < 1.29 is 32.9 Å². The van der Waals surface area contributed by atoms with Crippen LogP contribution in [-0.4, -0.2) is 73.4 Å². The maximum Gasteiger partial charge on any atom is 0.472 e. The van der Waals surface area contributed by atoms with Crippen LogP contribution in [0.5, 0.6) is 0 Å². The first-order valence-corrected chi connectivity index (χ1v) is 31.5. The van der Waals surface area contributed by atoms with Gasteiger partial charge in [0, 0.05) is 6.42 Å². The molecule has 8 nitrogen and oxygen atoms in total. The Hall–Kier alpha value is -1.54. The number of allylic oxidation sites excluding steroid dienone is 7. The number of amides is 1. The van der Waals surface area contributed by atoms with Crippen molar-refractivity contribution in [2.75, 3.05) is 40.9 Å². The predicted octanol–water partition coefficient (Wildman–Crippen LogP) is 18.3. The van der Waals surface area contributed by atoms with Crippen molar-refractivity contribution in [1.29, 1.82) is 0 Å². The van der Waals surface area contributed by atoms with Crippen LogP contribution in [0.15, 0.2) is 48.6 Å². The maximum atomic E-state index is 12.9. The second kappa shape index (κ2) is 52.3. The molecule has 0 bridgehead atoms. The number of likely N-dealkylation sites (N-methyl/N-ethyl adjacent to an activating group) is 1. The van der Waals surface area contributed by atoms with Crippen LogP contribution in [-0.2, 0) is 18.4 Å². The van der Waals surface area contributed by atoms with E-state index in [0.717, 1.165) is 44.9 Å². The minimum Gasteiger partial charge on any atom is -0.387 e. The Kier molecular flexibility index (Phi) is 51.2. The van der Waals surface area contributed by atoms with Gasteiger partial charge in [-0.2, -0.15) is 0 Å². The fraction of sp³-hybridized carbons (Fsp3) is 0.852. The number of hydrogen-bond donors (Lipinski definition) is 3. The van der Waals surface area contributed by atoms with E-state index in [1.165, 1.54) is 218 Å². The van der Waals surface area contributed by atoms with Crippen molar-refractivity contribution in [3.63, 3.8) is 0 Å². The number of quaternary nitrogens is 1. The van der Waals surface area contributed by atoms with Gasteiger partial charge in [-0.3, -0.25) is 13.8 Å². The number of phosphoric acid groups is 1. The fourth-order valence-corrected chi connectivity index (χ4v) is 9.53. The van der Waals surface area contributed by atoms with E-state index in [-0.39, 0.29) is 19.1 Å². The van der Waals surface area contributed by atoms with Crippen LogP contribution >= 0.6 is 7.82 Å². The molecule has 3 N–H and O–H groups in total. The lowest BCUT2D eigenvalue weighted by Gasteiger charge is -2.25. The number of nitrogens with zero attached hydrogens (tertiary/aromatic N) is 1. The summed E-state index contributed by atoms with van der Waals surface area (Å²) in [5, 5.41) is 13.8. The smallest absolute Gasteiger partial charge is 0.387 e. The average Bonchev–Trinajstić information content (AvgIpc) is 3.32. The first-order chi connectivity index (χ1) is 34.0. The van der Waals surface area contributed by atoms with Gasteiger partial charge in [0.15, 0.2) is 0 Å². The molecule has 0 aliphatic rings. The van der Waals surface area contributed by atoms with Crippen molar-refractivity contribution in [2.45, 2.75) is 296 Å². The molecule has 0 radical (unpaired) electrons. The van der Waals surface area contributed by atoms with Crippen molar-refractivity contribution in [3.05, 3.63) is 48.6 Å². The number of aliphatic hydroxyl groups is 1. The van der Waals surface area contributed by atoms with Crippen molar-refractivity contribution in [2.24, 2.45) is 0 Å². The summed E-state index contributed by atoms with van der Waals surface area (Å²) in [7, 11) is 1.56. The van der Waals surface area contributed by atoms with Gasteiger partial charge < -0.3 is 19.8 Å². The monoisotopic (exact) mass is 1010 g/mol. The molecule has 9 heteroatoms. The standard InChI is InChI=1S/C61H117N2O6P/c1-6-8-10-12-14-16-18-19-20-21-22-23-24-25-26-27-28-29-30-31-32-33-34-35-36-37-38-39-40-41-42-43-45-47-49-51-53-55-61(65)62-59(58-69-70(66,67)68-57-56-63(3,4)5)60(64)54-52-50-48-46-44-17-15-13-11-9-7-2/h26-27,29-30,44,46,52,54,59-60,64H,6-25,28,31-43,45,47-51,53,55-58H2,1-5H3,(H-,62,65,66,67)/p+1/b27-26-,30-29-,46-44+,54-52+. The second-order valence-corrected chi connectivity index (χ2v) is 23.2. The lowest BCUT2D eigenvalue weighted by Crippen LogP contribution is -2.45. The summed E-state index contributed by atoms with van der Waals surface area (Å²) < 4.78 is 23.6. The van der Waals surface area contributed by atoms with E-state index in [9.17, 15) is 19.4 Å². The molecule has 0 aromatic carbocycles. The molecule has 412 valence electrons. The van der Waals surface area contributed by atoms with Crippen molar-refractivity contribution in [1.82, 2.24) is 5.32 Å². The van der Waals surface area contributed by atoms with Crippen molar-refractivity contribution >= 4 is 13.7 Å². The lowest BCUT2D eigenvalue weighted by molar-refractivity contribution is -0.870. The molecule has 0 aliphatic carbocycles. The molecule has 0 saturated heterocycles. The largest absolute Gasteiger partial charge is 0.472 e. The first-order valence-electron chi connectivity index (χ1n) is 30.0. The van der Waals surface area contributed by atoms with Crippen LogP contribution in [0.1, 0.15) is 284 Å². The zero-order chi connectivity index (χ0) is 51.3. The highest BCUT2D eigenvalue weighted by Gasteiger charge is 2.27. The van der Waals surface area contributed by atoms with E-state index in [4.69, 9.17) is 9.05 Å². The van der Waals surface area contributed by atoms with Gasteiger partial charge in [-0.15, -0.1) is 0 Å². The van der Waals surface area contributed by atoms with Crippen LogP contribution in [0, 0.1) is 0 Å². The summed E-state index contributed by atoms with van der Waals surface area (Å²) in [5.41, 5.74) is 0. The van der Waals surface area contributed by atoms with E-state index in [1.807, 2.05) is 27.2 Å². The van der Waals surface area contributed by atoms with Gasteiger partial charge in [-0.25, -0.2) is 4.57 Å². The summed E-state index contributed by atoms with van der Waals surface area (Å²) in [4.78, 5) is 23.2. The fourth-order valence-electron chi connectivity index (χ4n) is 8.80. The number of unbranched alkanes of at least 4 members (excludes halogenated alkanes) is 36. The van der Waals surface area contributed by atoms with Crippen LogP contribution in [0.25, 0.3) is 0 Å². The summed E-state index contributed by atoms with van der Waals surface area (Å²) in [5.74, 6) is -0.186. The molecule has 1 amide bonds. The number of phosphoric ester groups is 1. The van der Waals surface area contributed by atoms with E-state index in [2.05, 4.69) is 55.6 Å². The highest BCUT2D eigenvalue weighted by molar-refractivity contribution is 7.47. The average molecular weight is 1010 g/mol. The topological polar surface area (TPSA) is 105 Å². The Morgan fingerprint density at radius 2 is 0.829 bits per heavy atom. The van der Waals surface area contributed by atoms with Gasteiger partial charge in [0.2, 0.25) is 5.91 Å². The molecule has 0 aromatic heterocycles. The molecule has 0 spiro atoms. The maximum absolute atomic E-state index is 12.9. The highest BCUT2D eigenvalue weighted by Crippen LogP contribution is 2.43. The molecule has 0 fully saturated rings. The summed E-state index contributed by atoms with van der Waals surface area (Å²) in [6, 6.07) is -0.862. The minimum absolute atomic E-state index is 0.0561. The first kappa shape index (κ1) is 68.5. The highest BCUT2D eigenvalue weighted by atomic mass is 31.2. The Balaban J connectivity index is 3.91. The zero-order valence-electron chi connectivity index (χ0n) is 47.0. The van der Waals surface area contributed by atoms with E-state index >= 15 is 0 Å². The molecule has 3 unspecified atom stereocenters. The Bertz CT molecular complexity index is 1280. The molecule has 0 rings (SSSR count). The zero-order valence-corrected chi connectivity index (χ0v) is 47.9. The molecule has 0 saturated carbocycles. The molecule has 70 heavy (non-hydrogen) atoms. The van der Waals surface area contributed by atoms with Gasteiger partial charge in [-0.05, 0) is 64.2 Å². The van der Waals surface area contributed by atoms with Crippen LogP contribution in [0.3, 0.4) is 0 Å². The van der Waals surface area contributed by atoms with Crippen LogP contribution in [0.4, 0.5) is 0 Å². The third-order valence-corrected chi connectivity index (χ3v) is 14.5. The number of aliphatic hydroxyl groups excluding tert-OH is 1. The number of carbonyl (C=O) groups is 1. The normalized spacial score (nSPS) is 14.2.